The molecular weight excluding hydrogens is 1080 g/mol. The highest BCUT2D eigenvalue weighted by Gasteiger charge is 2.27. The number of aliphatic carboxylic acids is 5. The van der Waals surface area contributed by atoms with E-state index in [1.807, 2.05) is 0 Å². The Morgan fingerprint density at radius 3 is 1.44 bits per heavy atom. The van der Waals surface area contributed by atoms with E-state index in [2.05, 4.69) is 21.3 Å². The van der Waals surface area contributed by atoms with E-state index < -0.39 is 89.9 Å². The summed E-state index contributed by atoms with van der Waals surface area (Å²) in [7, 11) is 0. The van der Waals surface area contributed by atoms with Crippen molar-refractivity contribution in [2.75, 3.05) is 84.1 Å². The lowest BCUT2D eigenvalue weighted by atomic mass is 9.94. The summed E-state index contributed by atoms with van der Waals surface area (Å²) in [5, 5.41) is 65.4. The number of carbonyl (C=O) groups is 12. The van der Waals surface area contributed by atoms with Crippen molar-refractivity contribution in [2.24, 2.45) is 17.8 Å². The Morgan fingerprint density at radius 1 is 0.438 bits per heavy atom. The summed E-state index contributed by atoms with van der Waals surface area (Å²) < 4.78 is 21.3. The number of aliphatic hydroxyl groups is 1. The second kappa shape index (κ2) is 48.1. The molecule has 0 aliphatic rings. The third kappa shape index (κ3) is 42.3. The minimum Gasteiger partial charge on any atom is -0.481 e. The van der Waals surface area contributed by atoms with Crippen molar-refractivity contribution in [2.45, 2.75) is 160 Å². The Morgan fingerprint density at radius 2 is 0.912 bits per heavy atom. The fourth-order valence-corrected chi connectivity index (χ4v) is 8.87. The average Bonchev–Trinajstić information content (AvgIpc) is 3.40. The zero-order valence-corrected chi connectivity index (χ0v) is 47.1. The molecule has 0 aliphatic heterocycles. The monoisotopic (exact) mass is 1160 g/mol. The van der Waals surface area contributed by atoms with Crippen LogP contribution in [0.3, 0.4) is 0 Å². The van der Waals surface area contributed by atoms with Crippen molar-refractivity contribution in [1.29, 1.82) is 0 Å². The molecule has 0 aromatic carbocycles. The van der Waals surface area contributed by atoms with E-state index in [4.69, 9.17) is 29.2 Å². The third-order valence-electron chi connectivity index (χ3n) is 12.4. The number of rotatable bonds is 56. The molecule has 80 heavy (non-hydrogen) atoms. The molecule has 0 saturated heterocycles. The first-order valence-corrected chi connectivity index (χ1v) is 28.7. The van der Waals surface area contributed by atoms with Crippen LogP contribution in [0.1, 0.15) is 148 Å². The number of carboxylic acids is 5. The number of Topliss-reactive ketones (excluding diaryl/α,β-unsaturated/α-hetero) is 3. The molecule has 0 aromatic heterocycles. The molecule has 26 nitrogen and oxygen atoms in total. The van der Waals surface area contributed by atoms with Crippen molar-refractivity contribution in [1.82, 2.24) is 21.3 Å². The lowest BCUT2D eigenvalue weighted by molar-refractivity contribution is -0.145. The fraction of sp³-hybridized carbons (Fsp3) is 0.774. The number of aliphatic hydroxyl groups excluding tert-OH is 1. The van der Waals surface area contributed by atoms with E-state index in [0.29, 0.717) is 44.3 Å². The van der Waals surface area contributed by atoms with E-state index in [1.54, 1.807) is 6.92 Å². The summed E-state index contributed by atoms with van der Waals surface area (Å²) in [6, 6.07) is -2.78. The molecule has 0 saturated carbocycles. The molecule has 10 N–H and O–H groups in total. The van der Waals surface area contributed by atoms with Crippen LogP contribution in [0.2, 0.25) is 0 Å². The Hall–Kier alpha value is -5.61. The maximum Gasteiger partial charge on any atom is 0.326 e. The van der Waals surface area contributed by atoms with Gasteiger partial charge in [0.25, 0.3) is 0 Å². The molecule has 4 amide bonds. The number of amides is 4. The lowest BCUT2D eigenvalue weighted by Gasteiger charge is -2.17. The van der Waals surface area contributed by atoms with Gasteiger partial charge in [-0.25, -0.2) is 9.59 Å². The molecule has 0 aliphatic carbocycles. The summed E-state index contributed by atoms with van der Waals surface area (Å²) in [6.07, 6.45) is 7.79. The number of thioether (sulfide) groups is 1. The van der Waals surface area contributed by atoms with Gasteiger partial charge in [0.1, 0.15) is 36.9 Å². The zero-order valence-electron chi connectivity index (χ0n) is 46.3. The molecule has 5 atom stereocenters. The number of ketones is 3. The first-order chi connectivity index (χ1) is 38.2. The zero-order chi connectivity index (χ0) is 59.9. The molecule has 0 bridgehead atoms. The van der Waals surface area contributed by atoms with Crippen LogP contribution in [-0.4, -0.2) is 198 Å². The number of hydrogen-bond acceptors (Lipinski definition) is 18. The van der Waals surface area contributed by atoms with Gasteiger partial charge in [-0.3, -0.25) is 47.9 Å². The maximum absolute atomic E-state index is 12.5. The largest absolute Gasteiger partial charge is 0.481 e. The van der Waals surface area contributed by atoms with Gasteiger partial charge in [-0.2, -0.15) is 11.8 Å². The van der Waals surface area contributed by atoms with Gasteiger partial charge < -0.3 is 70.9 Å². The molecule has 0 fully saturated rings. The van der Waals surface area contributed by atoms with E-state index in [-0.39, 0.29) is 153 Å². The molecule has 0 unspecified atom stereocenters. The first-order valence-electron chi connectivity index (χ1n) is 27.5. The number of ether oxygens (including phenoxy) is 4. The van der Waals surface area contributed by atoms with Crippen molar-refractivity contribution in [3.05, 3.63) is 0 Å². The molecule has 0 spiro atoms. The van der Waals surface area contributed by atoms with Gasteiger partial charge >= 0.3 is 29.8 Å². The van der Waals surface area contributed by atoms with Gasteiger partial charge in [-0.05, 0) is 44.9 Å². The highest BCUT2D eigenvalue weighted by Crippen LogP contribution is 2.20. The van der Waals surface area contributed by atoms with Crippen LogP contribution in [-0.2, 0) is 76.5 Å². The number of unbranched alkanes of at least 4 members (excludes halogenated alkanes) is 9. The highest BCUT2D eigenvalue weighted by atomic mass is 32.2. The van der Waals surface area contributed by atoms with Crippen LogP contribution in [0.15, 0.2) is 0 Å². The Labute approximate surface area is 471 Å². The molecule has 0 aromatic rings. The predicted octanol–water partition coefficient (Wildman–Crippen LogP) is 2.56. The number of nitrogens with one attached hydrogen (secondary N) is 4. The van der Waals surface area contributed by atoms with Crippen LogP contribution in [0.4, 0.5) is 0 Å². The smallest absolute Gasteiger partial charge is 0.326 e. The third-order valence-corrected chi connectivity index (χ3v) is 13.6. The van der Waals surface area contributed by atoms with Gasteiger partial charge in [0.2, 0.25) is 23.6 Å². The van der Waals surface area contributed by atoms with Crippen LogP contribution in [0.5, 0.6) is 0 Å². The van der Waals surface area contributed by atoms with Gasteiger partial charge in [0, 0.05) is 69.7 Å². The summed E-state index contributed by atoms with van der Waals surface area (Å²) in [5.41, 5.74) is 0. The molecule has 0 rings (SSSR count). The summed E-state index contributed by atoms with van der Waals surface area (Å²) in [6.45, 7) is 1.41. The van der Waals surface area contributed by atoms with Gasteiger partial charge in [-0.1, -0.05) is 58.3 Å². The van der Waals surface area contributed by atoms with Crippen molar-refractivity contribution >= 4 is 82.6 Å². The SMILES string of the molecule is CC[C@@H](CSCC(=O)CCCCC[C@H](CC(=O)COCCOCCNC(=O)COCCOCCNC(=O)CC[C@@H](NC(=O)CC[C@H](NC(=O)CCCCCCCCCCC(=O)O)C(=O)O)C(=O)O)C(=O)O)C(=O)C[C@@H](CO)C(=O)O. The van der Waals surface area contributed by atoms with E-state index in [0.717, 1.165) is 38.5 Å². The number of hydrogen-bond donors (Lipinski definition) is 10. The number of carbonyl (C=O) groups excluding carboxylic acids is 7. The lowest BCUT2D eigenvalue weighted by Crippen LogP contribution is -2.44. The highest BCUT2D eigenvalue weighted by molar-refractivity contribution is 7.99. The minimum atomic E-state index is -1.43. The van der Waals surface area contributed by atoms with Crippen molar-refractivity contribution in [3.63, 3.8) is 0 Å². The van der Waals surface area contributed by atoms with Crippen LogP contribution < -0.4 is 21.3 Å². The number of carboxylic acid groups (broad SMARTS) is 5. The molecule has 0 radical (unpaired) electrons. The summed E-state index contributed by atoms with van der Waals surface area (Å²) in [4.78, 5) is 143. The molecule has 0 heterocycles. The quantitative estimate of drug-likeness (QED) is 0.0391. The Bertz CT molecular complexity index is 1890. The average molecular weight is 1170 g/mol. The maximum atomic E-state index is 12.5. The summed E-state index contributed by atoms with van der Waals surface area (Å²) in [5.74, 6) is -10.6. The topological polar surface area (TPSA) is 411 Å². The van der Waals surface area contributed by atoms with Gasteiger partial charge in [0.05, 0.1) is 63.8 Å². The standard InChI is InChI=1S/C53H88N4O22S/c1-2-37(44(61)31-39(32-58)51(70)71)35-80-36-40(59)15-11-9-10-14-38(50(68)69)30-41(60)33-78-28-26-77-25-23-55-48(65)34-79-29-27-76-24-22-54-45(62)20-18-42(52(72)73)57-47(64)21-19-43(53(74)75)56-46(63)16-12-7-5-3-4-6-8-13-17-49(66)67/h37-39,42-43,58H,2-36H2,1H3,(H,54,62)(H,55,65)(H,56,63)(H,57,64)(H,66,67)(H,68,69)(H,70,71)(H,72,73)(H,74,75)/t37-,38+,39-,42+,43-/m0/s1. The predicted molar refractivity (Wildman–Crippen MR) is 288 cm³/mol. The normalized spacial score (nSPS) is 13.0. The van der Waals surface area contributed by atoms with E-state index in [1.165, 1.54) is 11.8 Å². The van der Waals surface area contributed by atoms with Crippen LogP contribution >= 0.6 is 11.8 Å². The molecular formula is C53H88N4O22S. The van der Waals surface area contributed by atoms with Crippen molar-refractivity contribution < 1.29 is 107 Å². The first kappa shape index (κ1) is 74.4. The van der Waals surface area contributed by atoms with E-state index in [9.17, 15) is 78.0 Å². The Balaban J connectivity index is 4.05. The van der Waals surface area contributed by atoms with Crippen LogP contribution in [0.25, 0.3) is 0 Å². The summed E-state index contributed by atoms with van der Waals surface area (Å²) >= 11 is 1.30. The second-order valence-corrected chi connectivity index (χ2v) is 20.2. The molecule has 27 heteroatoms. The van der Waals surface area contributed by atoms with E-state index >= 15 is 0 Å². The second-order valence-electron chi connectivity index (χ2n) is 19.2. The minimum absolute atomic E-state index is 0.0211. The fourth-order valence-electron chi connectivity index (χ4n) is 7.68. The Kier molecular flexibility index (Phi) is 44.8. The van der Waals surface area contributed by atoms with Gasteiger partial charge in [-0.15, -0.1) is 0 Å². The van der Waals surface area contributed by atoms with Crippen molar-refractivity contribution in [3.8, 4) is 0 Å². The molecule has 458 valence electrons. The van der Waals surface area contributed by atoms with Crippen LogP contribution in [0, 0.1) is 17.8 Å². The van der Waals surface area contributed by atoms with Gasteiger partial charge in [0.15, 0.2) is 5.78 Å².